The van der Waals surface area contributed by atoms with Crippen molar-refractivity contribution in [1.29, 1.82) is 0 Å². The van der Waals surface area contributed by atoms with Gasteiger partial charge in [-0.25, -0.2) is 0 Å². The first-order valence-electron chi connectivity index (χ1n) is 9.30. The van der Waals surface area contributed by atoms with Gasteiger partial charge in [-0.1, -0.05) is 0 Å². The molecule has 0 saturated carbocycles. The summed E-state index contributed by atoms with van der Waals surface area (Å²) in [7, 11) is 3.94. The highest BCUT2D eigenvalue weighted by Gasteiger charge is 2.13. The van der Waals surface area contributed by atoms with E-state index in [0.717, 1.165) is 22.8 Å². The van der Waals surface area contributed by atoms with Gasteiger partial charge in [0.2, 0.25) is 0 Å². The van der Waals surface area contributed by atoms with Crippen molar-refractivity contribution >= 4 is 28.7 Å². The number of fused-ring (bicyclic) bond motifs is 1. The van der Waals surface area contributed by atoms with Crippen LogP contribution in [0, 0.1) is 0 Å². The molecule has 3 aromatic rings. The summed E-state index contributed by atoms with van der Waals surface area (Å²) in [5.41, 5.74) is 3.69. The Morgan fingerprint density at radius 3 is 2.34 bits per heavy atom. The molecule has 7 heteroatoms. The number of carbonyl (C=O) groups is 1. The highest BCUT2D eigenvalue weighted by molar-refractivity contribution is 6.03. The third-order valence-corrected chi connectivity index (χ3v) is 4.46. The minimum Gasteiger partial charge on any atom is -0.486 e. The minimum absolute atomic E-state index is 0.270. The van der Waals surface area contributed by atoms with Crippen molar-refractivity contribution in [3.05, 3.63) is 66.5 Å². The first-order valence-corrected chi connectivity index (χ1v) is 9.30. The zero-order valence-electron chi connectivity index (χ0n) is 16.3. The van der Waals surface area contributed by atoms with Crippen molar-refractivity contribution in [3.8, 4) is 11.5 Å². The molecule has 4 rings (SSSR count). The molecule has 0 saturated heterocycles. The summed E-state index contributed by atoms with van der Waals surface area (Å²) < 4.78 is 11.1. The molecule has 0 unspecified atom stereocenters. The molecule has 29 heavy (non-hydrogen) atoms. The van der Waals surface area contributed by atoms with Crippen LogP contribution >= 0.6 is 0 Å². The molecule has 0 spiro atoms. The largest absolute Gasteiger partial charge is 0.486 e. The molecular formula is C22H22N4O3. The highest BCUT2D eigenvalue weighted by Crippen LogP contribution is 2.33. The number of hydrogen-bond donors (Lipinski definition) is 2. The molecule has 0 fully saturated rings. The Morgan fingerprint density at radius 2 is 1.59 bits per heavy atom. The molecule has 1 aromatic heterocycles. The Morgan fingerprint density at radius 1 is 0.897 bits per heavy atom. The average molecular weight is 390 g/mol. The van der Waals surface area contributed by atoms with E-state index in [0.29, 0.717) is 30.3 Å². The number of hydrogen-bond acceptors (Lipinski definition) is 6. The lowest BCUT2D eigenvalue weighted by molar-refractivity contribution is 0.102. The summed E-state index contributed by atoms with van der Waals surface area (Å²) in [4.78, 5) is 18.8. The summed E-state index contributed by atoms with van der Waals surface area (Å²) >= 11 is 0. The Balaban J connectivity index is 1.46. The van der Waals surface area contributed by atoms with Gasteiger partial charge in [-0.2, -0.15) is 0 Å². The van der Waals surface area contributed by atoms with E-state index < -0.39 is 0 Å². The zero-order valence-corrected chi connectivity index (χ0v) is 16.3. The standard InChI is InChI=1S/C22H22N4O3/c1-26(2)18-6-3-15(4-7-18)25-22(27)19-13-17(9-10-23-19)24-16-5-8-20-21(14-16)29-12-11-28-20/h3-10,13-14H,11-12H2,1-2H3,(H,23,24)(H,25,27). The van der Waals surface area contributed by atoms with Crippen LogP contribution in [-0.2, 0) is 0 Å². The quantitative estimate of drug-likeness (QED) is 0.688. The van der Waals surface area contributed by atoms with E-state index >= 15 is 0 Å². The number of anilines is 4. The number of nitrogens with zero attached hydrogens (tertiary/aromatic N) is 2. The lowest BCUT2D eigenvalue weighted by Gasteiger charge is -2.19. The number of rotatable bonds is 5. The van der Waals surface area contributed by atoms with Crippen molar-refractivity contribution in [1.82, 2.24) is 4.98 Å². The van der Waals surface area contributed by atoms with Crippen LogP contribution in [0.2, 0.25) is 0 Å². The molecule has 1 aliphatic heterocycles. The predicted molar refractivity (Wildman–Crippen MR) is 114 cm³/mol. The third kappa shape index (κ3) is 4.40. The van der Waals surface area contributed by atoms with Crippen LogP contribution in [0.25, 0.3) is 0 Å². The predicted octanol–water partition coefficient (Wildman–Crippen LogP) is 3.91. The van der Waals surface area contributed by atoms with Crippen LogP contribution in [0.1, 0.15) is 10.5 Å². The van der Waals surface area contributed by atoms with E-state index in [4.69, 9.17) is 9.47 Å². The van der Waals surface area contributed by atoms with Crippen molar-refractivity contribution in [2.24, 2.45) is 0 Å². The van der Waals surface area contributed by atoms with Gasteiger partial charge in [0.1, 0.15) is 18.9 Å². The second-order valence-corrected chi connectivity index (χ2v) is 6.81. The molecule has 0 atom stereocenters. The van der Waals surface area contributed by atoms with E-state index in [1.807, 2.05) is 61.5 Å². The Kier molecular flexibility index (Phi) is 5.20. The maximum atomic E-state index is 12.6. The van der Waals surface area contributed by atoms with Crippen LogP contribution in [0.15, 0.2) is 60.8 Å². The number of pyridine rings is 1. The maximum absolute atomic E-state index is 12.6. The van der Waals surface area contributed by atoms with E-state index in [2.05, 4.69) is 15.6 Å². The first kappa shape index (κ1) is 18.6. The Hall–Kier alpha value is -3.74. The molecule has 0 radical (unpaired) electrons. The topological polar surface area (TPSA) is 75.7 Å². The number of ether oxygens (including phenoxy) is 2. The average Bonchev–Trinajstić information content (AvgIpc) is 2.74. The van der Waals surface area contributed by atoms with Crippen LogP contribution in [0.3, 0.4) is 0 Å². The van der Waals surface area contributed by atoms with Gasteiger partial charge in [0.25, 0.3) is 5.91 Å². The fourth-order valence-electron chi connectivity index (χ4n) is 2.96. The van der Waals surface area contributed by atoms with Gasteiger partial charge in [0.15, 0.2) is 11.5 Å². The zero-order chi connectivity index (χ0) is 20.2. The number of carbonyl (C=O) groups excluding carboxylic acids is 1. The SMILES string of the molecule is CN(C)c1ccc(NC(=O)c2cc(Nc3ccc4c(c3)OCCO4)ccn2)cc1. The molecule has 1 amide bonds. The highest BCUT2D eigenvalue weighted by atomic mass is 16.6. The third-order valence-electron chi connectivity index (χ3n) is 4.46. The fourth-order valence-corrected chi connectivity index (χ4v) is 2.96. The maximum Gasteiger partial charge on any atom is 0.274 e. The van der Waals surface area contributed by atoms with Gasteiger partial charge in [0, 0.05) is 49.1 Å². The molecular weight excluding hydrogens is 368 g/mol. The number of benzene rings is 2. The molecule has 2 heterocycles. The van der Waals surface area contributed by atoms with Crippen molar-refractivity contribution in [2.45, 2.75) is 0 Å². The molecule has 0 bridgehead atoms. The van der Waals surface area contributed by atoms with Crippen molar-refractivity contribution < 1.29 is 14.3 Å². The van der Waals surface area contributed by atoms with E-state index in [1.165, 1.54) is 0 Å². The summed E-state index contributed by atoms with van der Waals surface area (Å²) in [5.74, 6) is 1.17. The Bertz CT molecular complexity index is 1020. The second kappa shape index (κ2) is 8.10. The van der Waals surface area contributed by atoms with E-state index in [-0.39, 0.29) is 5.91 Å². The van der Waals surface area contributed by atoms with Gasteiger partial charge >= 0.3 is 0 Å². The van der Waals surface area contributed by atoms with Crippen LogP contribution in [0.4, 0.5) is 22.7 Å². The van der Waals surface area contributed by atoms with Crippen LogP contribution in [0.5, 0.6) is 11.5 Å². The first-order chi connectivity index (χ1) is 14.1. The summed E-state index contributed by atoms with van der Waals surface area (Å²) in [6.07, 6.45) is 1.60. The lowest BCUT2D eigenvalue weighted by Crippen LogP contribution is -2.15. The molecule has 7 nitrogen and oxygen atoms in total. The van der Waals surface area contributed by atoms with Gasteiger partial charge in [-0.05, 0) is 48.5 Å². The van der Waals surface area contributed by atoms with Gasteiger partial charge in [-0.15, -0.1) is 0 Å². The smallest absolute Gasteiger partial charge is 0.274 e. The summed E-state index contributed by atoms with van der Waals surface area (Å²) in [6, 6.07) is 16.8. The number of aromatic nitrogens is 1. The molecule has 2 N–H and O–H groups in total. The van der Waals surface area contributed by atoms with Crippen molar-refractivity contribution in [2.75, 3.05) is 42.8 Å². The van der Waals surface area contributed by atoms with Crippen LogP contribution < -0.4 is 25.0 Å². The number of nitrogens with one attached hydrogen (secondary N) is 2. The monoisotopic (exact) mass is 390 g/mol. The van der Waals surface area contributed by atoms with Gasteiger partial charge in [-0.3, -0.25) is 9.78 Å². The van der Waals surface area contributed by atoms with E-state index in [1.54, 1.807) is 18.3 Å². The number of amides is 1. The van der Waals surface area contributed by atoms with Gasteiger partial charge in [0.05, 0.1) is 0 Å². The normalized spacial score (nSPS) is 12.2. The molecule has 1 aliphatic rings. The second-order valence-electron chi connectivity index (χ2n) is 6.81. The molecule has 2 aromatic carbocycles. The molecule has 0 aliphatic carbocycles. The lowest BCUT2D eigenvalue weighted by atomic mass is 10.2. The minimum atomic E-state index is -0.270. The van der Waals surface area contributed by atoms with Crippen LogP contribution in [-0.4, -0.2) is 38.2 Å². The summed E-state index contributed by atoms with van der Waals surface area (Å²) in [6.45, 7) is 1.09. The summed E-state index contributed by atoms with van der Waals surface area (Å²) in [5, 5.41) is 6.14. The molecule has 148 valence electrons. The Labute approximate surface area is 169 Å². The van der Waals surface area contributed by atoms with E-state index in [9.17, 15) is 4.79 Å². The van der Waals surface area contributed by atoms with Gasteiger partial charge < -0.3 is 25.0 Å². The van der Waals surface area contributed by atoms with Crippen molar-refractivity contribution in [3.63, 3.8) is 0 Å². The fraction of sp³-hybridized carbons (Fsp3) is 0.182.